The number of carboxylic acids is 1. The van der Waals surface area contributed by atoms with Crippen molar-refractivity contribution in [3.05, 3.63) is 35.4 Å². The van der Waals surface area contributed by atoms with Gasteiger partial charge in [0.2, 0.25) is 5.91 Å². The second kappa shape index (κ2) is 5.98. The quantitative estimate of drug-likeness (QED) is 0.890. The Labute approximate surface area is 115 Å². The third-order valence-electron chi connectivity index (χ3n) is 2.82. The first kappa shape index (κ1) is 16.1. The topological polar surface area (TPSA) is 66.4 Å². The zero-order chi connectivity index (χ0) is 15.5. The number of nitrogens with one attached hydrogen (secondary N) is 1. The predicted molar refractivity (Wildman–Crippen MR) is 69.1 cm³/mol. The van der Waals surface area contributed by atoms with E-state index in [9.17, 15) is 18.4 Å². The summed E-state index contributed by atoms with van der Waals surface area (Å²) in [5.41, 5.74) is -1.09. The van der Waals surface area contributed by atoms with Crippen molar-refractivity contribution in [3.63, 3.8) is 0 Å². The molecule has 1 aromatic rings. The van der Waals surface area contributed by atoms with Gasteiger partial charge in [0.1, 0.15) is 17.7 Å². The second-order valence-corrected chi connectivity index (χ2v) is 5.58. The van der Waals surface area contributed by atoms with Crippen molar-refractivity contribution >= 4 is 11.9 Å². The highest BCUT2D eigenvalue weighted by Crippen LogP contribution is 2.20. The van der Waals surface area contributed by atoms with Gasteiger partial charge in [0.15, 0.2) is 0 Å². The van der Waals surface area contributed by atoms with Crippen LogP contribution in [0.25, 0.3) is 0 Å². The average Bonchev–Trinajstić information content (AvgIpc) is 2.29. The molecule has 0 fully saturated rings. The van der Waals surface area contributed by atoms with Crippen LogP contribution in [0.2, 0.25) is 0 Å². The fraction of sp³-hybridized carbons (Fsp3) is 0.429. The molecular formula is C14H17F2NO3. The Morgan fingerprint density at radius 1 is 1.25 bits per heavy atom. The van der Waals surface area contributed by atoms with Gasteiger partial charge in [-0.1, -0.05) is 26.8 Å². The minimum atomic E-state index is -1.19. The number of rotatable bonds is 4. The maximum Gasteiger partial charge on any atom is 0.326 e. The third-order valence-corrected chi connectivity index (χ3v) is 2.82. The lowest BCUT2D eigenvalue weighted by atomic mass is 9.86. The van der Waals surface area contributed by atoms with E-state index in [0.29, 0.717) is 0 Å². The molecule has 110 valence electrons. The Balaban J connectivity index is 2.84. The lowest BCUT2D eigenvalue weighted by Crippen LogP contribution is -2.49. The normalized spacial score (nSPS) is 12.8. The monoisotopic (exact) mass is 285 g/mol. The second-order valence-electron chi connectivity index (χ2n) is 5.58. The van der Waals surface area contributed by atoms with Gasteiger partial charge in [-0.15, -0.1) is 0 Å². The van der Waals surface area contributed by atoms with Gasteiger partial charge in [-0.05, 0) is 17.5 Å². The molecule has 6 heteroatoms. The van der Waals surface area contributed by atoms with E-state index in [1.165, 1.54) is 6.07 Å². The Morgan fingerprint density at radius 2 is 1.75 bits per heavy atom. The Bertz CT molecular complexity index is 503. The third kappa shape index (κ3) is 4.01. The lowest BCUT2D eigenvalue weighted by Gasteiger charge is -2.27. The summed E-state index contributed by atoms with van der Waals surface area (Å²) in [5, 5.41) is 11.4. The predicted octanol–water partition coefficient (Wildman–Crippen LogP) is 2.12. The summed E-state index contributed by atoms with van der Waals surface area (Å²) in [6.07, 6.45) is -0.543. The van der Waals surface area contributed by atoms with Crippen molar-refractivity contribution in [1.29, 1.82) is 0 Å². The summed E-state index contributed by atoms with van der Waals surface area (Å²) in [7, 11) is 0. The zero-order valence-corrected chi connectivity index (χ0v) is 11.5. The molecule has 2 N–H and O–H groups in total. The van der Waals surface area contributed by atoms with Crippen molar-refractivity contribution in [2.45, 2.75) is 33.2 Å². The van der Waals surface area contributed by atoms with Crippen LogP contribution in [0.4, 0.5) is 8.78 Å². The van der Waals surface area contributed by atoms with Gasteiger partial charge in [-0.25, -0.2) is 13.6 Å². The standard InChI is InChI=1S/C14H17F2NO3/c1-14(2,3)12(13(19)20)17-11(18)7-8-9(15)5-4-6-10(8)16/h4-6,12H,7H2,1-3H3,(H,17,18)(H,19,20). The van der Waals surface area contributed by atoms with E-state index in [1.54, 1.807) is 20.8 Å². The number of carbonyl (C=O) groups is 2. The number of carbonyl (C=O) groups excluding carboxylic acids is 1. The molecule has 0 saturated carbocycles. The maximum atomic E-state index is 13.4. The lowest BCUT2D eigenvalue weighted by molar-refractivity contribution is -0.144. The highest BCUT2D eigenvalue weighted by molar-refractivity contribution is 5.85. The SMILES string of the molecule is CC(C)(C)C(NC(=O)Cc1c(F)cccc1F)C(=O)O. The number of amides is 1. The highest BCUT2D eigenvalue weighted by Gasteiger charge is 2.32. The molecule has 0 aliphatic rings. The van der Waals surface area contributed by atoms with Crippen LogP contribution in [-0.2, 0) is 16.0 Å². The van der Waals surface area contributed by atoms with Crippen LogP contribution in [0.1, 0.15) is 26.3 Å². The van der Waals surface area contributed by atoms with E-state index in [1.807, 2.05) is 0 Å². The first-order valence-corrected chi connectivity index (χ1v) is 6.08. The van der Waals surface area contributed by atoms with Gasteiger partial charge < -0.3 is 10.4 Å². The minimum Gasteiger partial charge on any atom is -0.480 e. The number of benzene rings is 1. The van der Waals surface area contributed by atoms with Gasteiger partial charge in [0, 0.05) is 5.56 Å². The molecule has 1 unspecified atom stereocenters. The van der Waals surface area contributed by atoms with E-state index in [0.717, 1.165) is 12.1 Å². The molecule has 0 saturated heterocycles. The van der Waals surface area contributed by atoms with E-state index in [-0.39, 0.29) is 5.56 Å². The summed E-state index contributed by atoms with van der Waals surface area (Å²) >= 11 is 0. The van der Waals surface area contributed by atoms with Crippen molar-refractivity contribution in [2.24, 2.45) is 5.41 Å². The minimum absolute atomic E-state index is 0.372. The van der Waals surface area contributed by atoms with Crippen LogP contribution in [0.3, 0.4) is 0 Å². The number of halogens is 2. The average molecular weight is 285 g/mol. The van der Waals surface area contributed by atoms with Crippen molar-refractivity contribution < 1.29 is 23.5 Å². The van der Waals surface area contributed by atoms with Crippen LogP contribution in [0.5, 0.6) is 0 Å². The van der Waals surface area contributed by atoms with Crippen molar-refractivity contribution in [1.82, 2.24) is 5.32 Å². The van der Waals surface area contributed by atoms with Gasteiger partial charge in [-0.3, -0.25) is 4.79 Å². The molecule has 1 aromatic carbocycles. The largest absolute Gasteiger partial charge is 0.480 e. The molecule has 0 aromatic heterocycles. The fourth-order valence-corrected chi connectivity index (χ4v) is 1.72. The molecule has 1 atom stereocenters. The molecule has 20 heavy (non-hydrogen) atoms. The molecule has 1 amide bonds. The van der Waals surface area contributed by atoms with Crippen molar-refractivity contribution in [3.8, 4) is 0 Å². The molecule has 1 rings (SSSR count). The summed E-state index contributed by atoms with van der Waals surface area (Å²) in [6.45, 7) is 4.95. The van der Waals surface area contributed by atoms with Gasteiger partial charge in [0.05, 0.1) is 6.42 Å². The van der Waals surface area contributed by atoms with Gasteiger partial charge in [0.25, 0.3) is 0 Å². The van der Waals surface area contributed by atoms with Crippen LogP contribution in [-0.4, -0.2) is 23.0 Å². The van der Waals surface area contributed by atoms with E-state index >= 15 is 0 Å². The van der Waals surface area contributed by atoms with Crippen LogP contribution in [0, 0.1) is 17.0 Å². The molecular weight excluding hydrogens is 268 g/mol. The number of aliphatic carboxylic acids is 1. The summed E-state index contributed by atoms with van der Waals surface area (Å²) in [6, 6.07) is 2.15. The van der Waals surface area contributed by atoms with E-state index in [4.69, 9.17) is 5.11 Å². The summed E-state index contributed by atoms with van der Waals surface area (Å²) < 4.78 is 26.8. The fourth-order valence-electron chi connectivity index (χ4n) is 1.72. The van der Waals surface area contributed by atoms with Crippen LogP contribution >= 0.6 is 0 Å². The highest BCUT2D eigenvalue weighted by atomic mass is 19.1. The van der Waals surface area contributed by atoms with E-state index in [2.05, 4.69) is 5.32 Å². The molecule has 4 nitrogen and oxygen atoms in total. The summed E-state index contributed by atoms with van der Waals surface area (Å²) in [5.74, 6) is -3.60. The zero-order valence-electron chi connectivity index (χ0n) is 11.5. The van der Waals surface area contributed by atoms with Crippen LogP contribution in [0.15, 0.2) is 18.2 Å². The Hall–Kier alpha value is -1.98. The summed E-state index contributed by atoms with van der Waals surface area (Å²) in [4.78, 5) is 22.9. The molecule has 0 aliphatic carbocycles. The Morgan fingerprint density at radius 3 is 2.15 bits per heavy atom. The number of hydrogen-bond donors (Lipinski definition) is 2. The molecule has 0 heterocycles. The maximum absolute atomic E-state index is 13.4. The van der Waals surface area contributed by atoms with E-state index < -0.39 is 41.4 Å². The first-order chi connectivity index (χ1) is 9.12. The Kier molecular flexibility index (Phi) is 4.81. The smallest absolute Gasteiger partial charge is 0.326 e. The van der Waals surface area contributed by atoms with Gasteiger partial charge >= 0.3 is 5.97 Å². The molecule has 0 aliphatic heterocycles. The number of hydrogen-bond acceptors (Lipinski definition) is 2. The van der Waals surface area contributed by atoms with Crippen LogP contribution < -0.4 is 5.32 Å². The van der Waals surface area contributed by atoms with Crippen molar-refractivity contribution in [2.75, 3.05) is 0 Å². The molecule has 0 bridgehead atoms. The molecule has 0 spiro atoms. The van der Waals surface area contributed by atoms with Gasteiger partial charge in [-0.2, -0.15) is 0 Å². The molecule has 0 radical (unpaired) electrons. The number of carboxylic acid groups (broad SMARTS) is 1. The first-order valence-electron chi connectivity index (χ1n) is 6.08.